The van der Waals surface area contributed by atoms with E-state index in [0.717, 1.165) is 5.39 Å². The summed E-state index contributed by atoms with van der Waals surface area (Å²) < 4.78 is 21.3. The number of benzene rings is 2. The first kappa shape index (κ1) is 20.2. The largest absolute Gasteiger partial charge is 0.462 e. The molecule has 158 valence electrons. The molecule has 4 rings (SSSR count). The van der Waals surface area contributed by atoms with Crippen LogP contribution in [-0.2, 0) is 9.47 Å². The minimum atomic E-state index is -0.761. The molecule has 0 aliphatic rings. The van der Waals surface area contributed by atoms with E-state index < -0.39 is 17.7 Å². The lowest BCUT2D eigenvalue weighted by Crippen LogP contribution is -2.15. The highest BCUT2D eigenvalue weighted by atomic mass is 16.5. The molecule has 8 nitrogen and oxygen atoms in total. The van der Waals surface area contributed by atoms with Gasteiger partial charge in [-0.05, 0) is 38.1 Å². The van der Waals surface area contributed by atoms with Crippen molar-refractivity contribution in [2.24, 2.45) is 0 Å². The second-order valence-electron chi connectivity index (χ2n) is 6.56. The van der Waals surface area contributed by atoms with Gasteiger partial charge in [0, 0.05) is 22.5 Å². The highest BCUT2D eigenvalue weighted by Gasteiger charge is 2.26. The molecule has 1 N–H and O–H groups in total. The molecular formula is C23H19NO7. The number of amides is 1. The molecule has 2 aromatic carbocycles. The zero-order valence-corrected chi connectivity index (χ0v) is 16.9. The van der Waals surface area contributed by atoms with E-state index in [1.54, 1.807) is 38.1 Å². The van der Waals surface area contributed by atoms with Crippen molar-refractivity contribution in [1.82, 2.24) is 0 Å². The Morgan fingerprint density at radius 1 is 0.935 bits per heavy atom. The number of anilines is 1. The van der Waals surface area contributed by atoms with Crippen molar-refractivity contribution in [3.8, 4) is 11.3 Å². The van der Waals surface area contributed by atoms with Crippen molar-refractivity contribution < 1.29 is 27.9 Å². The second kappa shape index (κ2) is 8.35. The van der Waals surface area contributed by atoms with Crippen LogP contribution in [0.3, 0.4) is 0 Å². The number of carbonyl (C=O) groups is 2. The molecule has 0 atom stereocenters. The standard InChI is InChI=1S/C23H19NO7/c1-3-28-21(25)19-15-10-9-14(24-23(27)29-4-2)12-17(15)31-22(26)20(19)18-11-13-7-5-6-8-16(13)30-18/h5-12H,3-4H2,1-2H3,(H,24,27). The van der Waals surface area contributed by atoms with Crippen LogP contribution in [-0.4, -0.2) is 25.3 Å². The summed E-state index contributed by atoms with van der Waals surface area (Å²) in [6, 6.07) is 13.5. The number of fused-ring (bicyclic) bond motifs is 2. The monoisotopic (exact) mass is 421 g/mol. The Kier molecular flexibility index (Phi) is 5.44. The summed E-state index contributed by atoms with van der Waals surface area (Å²) in [6.07, 6.45) is -0.645. The van der Waals surface area contributed by atoms with Gasteiger partial charge in [-0.15, -0.1) is 0 Å². The van der Waals surface area contributed by atoms with Gasteiger partial charge in [-0.3, -0.25) is 5.32 Å². The second-order valence-corrected chi connectivity index (χ2v) is 6.56. The number of hydrogen-bond donors (Lipinski definition) is 1. The van der Waals surface area contributed by atoms with Crippen molar-refractivity contribution in [2.45, 2.75) is 13.8 Å². The molecule has 0 aliphatic heterocycles. The molecule has 1 amide bonds. The van der Waals surface area contributed by atoms with Crippen molar-refractivity contribution in [3.63, 3.8) is 0 Å². The first-order valence-corrected chi connectivity index (χ1v) is 9.72. The minimum Gasteiger partial charge on any atom is -0.462 e. The molecule has 2 aromatic heterocycles. The van der Waals surface area contributed by atoms with Gasteiger partial charge in [0.05, 0.1) is 18.8 Å². The molecule has 0 spiro atoms. The summed E-state index contributed by atoms with van der Waals surface area (Å²) in [7, 11) is 0. The van der Waals surface area contributed by atoms with Gasteiger partial charge in [-0.25, -0.2) is 14.4 Å². The Labute approximate surface area is 176 Å². The third-order valence-corrected chi connectivity index (χ3v) is 4.58. The van der Waals surface area contributed by atoms with E-state index in [0.29, 0.717) is 16.7 Å². The Morgan fingerprint density at radius 3 is 2.45 bits per heavy atom. The van der Waals surface area contributed by atoms with E-state index in [2.05, 4.69) is 5.32 Å². The molecule has 8 heteroatoms. The van der Waals surface area contributed by atoms with Crippen LogP contribution >= 0.6 is 0 Å². The Balaban J connectivity index is 1.92. The molecule has 0 unspecified atom stereocenters. The average molecular weight is 421 g/mol. The summed E-state index contributed by atoms with van der Waals surface area (Å²) in [6.45, 7) is 3.70. The van der Waals surface area contributed by atoms with E-state index in [1.165, 1.54) is 6.07 Å². The maximum Gasteiger partial charge on any atom is 0.411 e. The van der Waals surface area contributed by atoms with Gasteiger partial charge in [0.2, 0.25) is 0 Å². The van der Waals surface area contributed by atoms with Gasteiger partial charge in [0.25, 0.3) is 0 Å². The quantitative estimate of drug-likeness (QED) is 0.359. The lowest BCUT2D eigenvalue weighted by atomic mass is 10.0. The van der Waals surface area contributed by atoms with E-state index in [-0.39, 0.29) is 35.7 Å². The number of esters is 1. The Morgan fingerprint density at radius 2 is 1.71 bits per heavy atom. The predicted molar refractivity (Wildman–Crippen MR) is 114 cm³/mol. The normalized spacial score (nSPS) is 10.9. The van der Waals surface area contributed by atoms with Crippen LogP contribution in [0.2, 0.25) is 0 Å². The van der Waals surface area contributed by atoms with Crippen molar-refractivity contribution in [2.75, 3.05) is 18.5 Å². The fraction of sp³-hybridized carbons (Fsp3) is 0.174. The predicted octanol–water partition coefficient (Wildman–Crippen LogP) is 4.95. The van der Waals surface area contributed by atoms with Crippen molar-refractivity contribution in [3.05, 3.63) is 64.5 Å². The lowest BCUT2D eigenvalue weighted by Gasteiger charge is -2.11. The first-order valence-electron chi connectivity index (χ1n) is 9.72. The number of furan rings is 1. The van der Waals surface area contributed by atoms with Crippen LogP contribution in [0.5, 0.6) is 0 Å². The van der Waals surface area contributed by atoms with Crippen LogP contribution in [0.25, 0.3) is 33.3 Å². The summed E-state index contributed by atoms with van der Waals surface area (Å²) in [5, 5.41) is 3.66. The topological polar surface area (TPSA) is 108 Å². The van der Waals surface area contributed by atoms with Crippen LogP contribution in [0, 0.1) is 0 Å². The van der Waals surface area contributed by atoms with E-state index >= 15 is 0 Å². The summed E-state index contributed by atoms with van der Waals surface area (Å²) in [5.74, 6) is -0.476. The number of para-hydroxylation sites is 1. The van der Waals surface area contributed by atoms with Crippen LogP contribution in [0.15, 0.2) is 62.2 Å². The van der Waals surface area contributed by atoms with Gasteiger partial charge in [0.1, 0.15) is 22.5 Å². The van der Waals surface area contributed by atoms with E-state index in [1.807, 2.05) is 18.2 Å². The van der Waals surface area contributed by atoms with Crippen molar-refractivity contribution >= 4 is 39.7 Å². The number of carbonyl (C=O) groups excluding carboxylic acids is 2. The zero-order valence-electron chi connectivity index (χ0n) is 16.9. The highest BCUT2D eigenvalue weighted by molar-refractivity contribution is 6.09. The summed E-state index contributed by atoms with van der Waals surface area (Å²) in [5.41, 5.74) is 0.286. The SMILES string of the molecule is CCOC(=O)Nc1ccc2c(C(=O)OCC)c(-c3cc4ccccc4o3)c(=O)oc2c1. The smallest absolute Gasteiger partial charge is 0.411 e. The number of rotatable bonds is 5. The molecule has 0 bridgehead atoms. The average Bonchev–Trinajstić information content (AvgIpc) is 3.16. The number of ether oxygens (including phenoxy) is 2. The Bertz CT molecular complexity index is 1320. The molecule has 0 saturated heterocycles. The van der Waals surface area contributed by atoms with Crippen LogP contribution in [0.1, 0.15) is 24.2 Å². The number of nitrogens with one attached hydrogen (secondary N) is 1. The van der Waals surface area contributed by atoms with E-state index in [4.69, 9.17) is 18.3 Å². The zero-order chi connectivity index (χ0) is 22.0. The first-order chi connectivity index (χ1) is 15.0. The number of hydrogen-bond acceptors (Lipinski definition) is 7. The maximum absolute atomic E-state index is 12.9. The molecule has 2 heterocycles. The van der Waals surface area contributed by atoms with Crippen LogP contribution < -0.4 is 10.9 Å². The Hall–Kier alpha value is -4.07. The van der Waals surface area contributed by atoms with Crippen molar-refractivity contribution in [1.29, 1.82) is 0 Å². The molecule has 4 aromatic rings. The van der Waals surface area contributed by atoms with Crippen LogP contribution in [0.4, 0.5) is 10.5 Å². The molecule has 0 fully saturated rings. The minimum absolute atomic E-state index is 0.0201. The summed E-state index contributed by atoms with van der Waals surface area (Å²) >= 11 is 0. The highest BCUT2D eigenvalue weighted by Crippen LogP contribution is 2.33. The fourth-order valence-electron chi connectivity index (χ4n) is 3.31. The van der Waals surface area contributed by atoms with Gasteiger partial charge in [-0.1, -0.05) is 18.2 Å². The maximum atomic E-state index is 12.9. The van der Waals surface area contributed by atoms with Gasteiger partial charge >= 0.3 is 17.7 Å². The fourth-order valence-corrected chi connectivity index (χ4v) is 3.31. The van der Waals surface area contributed by atoms with Gasteiger partial charge in [0.15, 0.2) is 0 Å². The van der Waals surface area contributed by atoms with Gasteiger partial charge in [-0.2, -0.15) is 0 Å². The molecule has 0 saturated carbocycles. The van der Waals surface area contributed by atoms with Gasteiger partial charge < -0.3 is 18.3 Å². The molecule has 31 heavy (non-hydrogen) atoms. The molecule has 0 aliphatic carbocycles. The van der Waals surface area contributed by atoms with E-state index in [9.17, 15) is 14.4 Å². The third-order valence-electron chi connectivity index (χ3n) is 4.58. The molecule has 0 radical (unpaired) electrons. The lowest BCUT2D eigenvalue weighted by molar-refractivity contribution is 0.0528. The molecular weight excluding hydrogens is 402 g/mol. The summed E-state index contributed by atoms with van der Waals surface area (Å²) in [4.78, 5) is 37.5. The third kappa shape index (κ3) is 3.87.